The molecular formula is C11H23N3O2. The van der Waals surface area contributed by atoms with Crippen molar-refractivity contribution in [1.82, 2.24) is 10.3 Å². The molecule has 94 valence electrons. The molecule has 0 bridgehead atoms. The predicted octanol–water partition coefficient (Wildman–Crippen LogP) is 0.256. The fourth-order valence-electron chi connectivity index (χ4n) is 2.18. The van der Waals surface area contributed by atoms with Crippen LogP contribution in [0.5, 0.6) is 0 Å². The first-order valence-corrected chi connectivity index (χ1v) is 5.96. The van der Waals surface area contributed by atoms with Crippen LogP contribution < -0.4 is 11.3 Å². The summed E-state index contributed by atoms with van der Waals surface area (Å²) in [6.07, 6.45) is 3.86. The van der Waals surface area contributed by atoms with Gasteiger partial charge in [-0.2, -0.15) is 0 Å². The fourth-order valence-corrected chi connectivity index (χ4v) is 2.18. The van der Waals surface area contributed by atoms with Gasteiger partial charge in [0.2, 0.25) is 5.91 Å². The van der Waals surface area contributed by atoms with E-state index >= 15 is 0 Å². The van der Waals surface area contributed by atoms with Gasteiger partial charge in [0.05, 0.1) is 6.10 Å². The molecule has 1 rings (SSSR count). The van der Waals surface area contributed by atoms with E-state index in [9.17, 15) is 4.79 Å². The van der Waals surface area contributed by atoms with Crippen LogP contribution in [0.3, 0.4) is 0 Å². The van der Waals surface area contributed by atoms with E-state index in [0.717, 1.165) is 32.4 Å². The number of carbonyl (C=O) groups excluding carboxylic acids is 1. The summed E-state index contributed by atoms with van der Waals surface area (Å²) in [7, 11) is 2.12. The van der Waals surface area contributed by atoms with E-state index in [1.807, 2.05) is 0 Å². The van der Waals surface area contributed by atoms with Gasteiger partial charge < -0.3 is 9.64 Å². The lowest BCUT2D eigenvalue weighted by atomic mass is 10.1. The molecular weight excluding hydrogens is 206 g/mol. The lowest BCUT2D eigenvalue weighted by Crippen LogP contribution is -2.37. The molecule has 0 aromatic heterocycles. The molecule has 5 heteroatoms. The van der Waals surface area contributed by atoms with Crippen LogP contribution in [0.4, 0.5) is 0 Å². The topological polar surface area (TPSA) is 67.6 Å². The number of amides is 1. The summed E-state index contributed by atoms with van der Waals surface area (Å²) in [4.78, 5) is 13.2. The maximum atomic E-state index is 10.9. The van der Waals surface area contributed by atoms with E-state index in [0.29, 0.717) is 18.6 Å². The highest BCUT2D eigenvalue weighted by molar-refractivity contribution is 5.75. The minimum absolute atomic E-state index is 0.0831. The number of likely N-dealkylation sites (N-methyl/N-ethyl adjacent to an activating group) is 1. The van der Waals surface area contributed by atoms with Crippen molar-refractivity contribution in [2.75, 3.05) is 20.2 Å². The van der Waals surface area contributed by atoms with Gasteiger partial charge in [-0.25, -0.2) is 5.84 Å². The molecule has 2 atom stereocenters. The highest BCUT2D eigenvalue weighted by Crippen LogP contribution is 2.18. The maximum Gasteiger partial charge on any atom is 0.233 e. The van der Waals surface area contributed by atoms with E-state index < -0.39 is 0 Å². The number of ether oxygens (including phenoxy) is 1. The predicted molar refractivity (Wildman–Crippen MR) is 62.6 cm³/mol. The van der Waals surface area contributed by atoms with Gasteiger partial charge in [0.25, 0.3) is 0 Å². The van der Waals surface area contributed by atoms with Crippen molar-refractivity contribution in [1.29, 1.82) is 0 Å². The van der Waals surface area contributed by atoms with Gasteiger partial charge in [-0.15, -0.1) is 0 Å². The summed E-state index contributed by atoms with van der Waals surface area (Å²) < 4.78 is 5.53. The minimum Gasteiger partial charge on any atom is -0.377 e. The number of nitrogens with zero attached hydrogens (tertiary/aromatic N) is 1. The van der Waals surface area contributed by atoms with Crippen LogP contribution in [-0.4, -0.2) is 43.2 Å². The minimum atomic E-state index is -0.0831. The molecule has 16 heavy (non-hydrogen) atoms. The molecule has 1 aliphatic heterocycles. The van der Waals surface area contributed by atoms with Crippen LogP contribution in [0.15, 0.2) is 0 Å². The molecule has 0 aromatic rings. The molecule has 0 saturated carbocycles. The zero-order valence-corrected chi connectivity index (χ0v) is 10.2. The second-order valence-corrected chi connectivity index (χ2v) is 4.44. The summed E-state index contributed by atoms with van der Waals surface area (Å²) in [5.41, 5.74) is 2.14. The van der Waals surface area contributed by atoms with Gasteiger partial charge in [0.15, 0.2) is 0 Å². The van der Waals surface area contributed by atoms with Crippen molar-refractivity contribution < 1.29 is 9.53 Å². The Kier molecular flexibility index (Phi) is 5.73. The van der Waals surface area contributed by atoms with Gasteiger partial charge in [0.1, 0.15) is 0 Å². The Balaban J connectivity index is 2.10. The fraction of sp³-hybridized carbons (Fsp3) is 0.909. The Hall–Kier alpha value is -0.650. The molecule has 1 heterocycles. The third-order valence-corrected chi connectivity index (χ3v) is 3.23. The molecule has 1 amide bonds. The van der Waals surface area contributed by atoms with Gasteiger partial charge >= 0.3 is 0 Å². The molecule has 0 radical (unpaired) electrons. The number of unbranched alkanes of at least 4 members (excludes halogenated alkanes) is 1. The molecule has 0 aliphatic carbocycles. The van der Waals surface area contributed by atoms with Crippen molar-refractivity contribution in [2.45, 2.75) is 44.8 Å². The molecule has 3 N–H and O–H groups in total. The number of hydrazine groups is 1. The van der Waals surface area contributed by atoms with E-state index in [4.69, 9.17) is 10.6 Å². The molecule has 0 spiro atoms. The first-order valence-electron chi connectivity index (χ1n) is 5.96. The summed E-state index contributed by atoms with van der Waals surface area (Å²) in [6, 6.07) is 0.531. The summed E-state index contributed by atoms with van der Waals surface area (Å²) in [5, 5.41) is 0. The van der Waals surface area contributed by atoms with Crippen LogP contribution in [0, 0.1) is 0 Å². The average Bonchev–Trinajstić information content (AvgIpc) is 2.70. The second kappa shape index (κ2) is 6.83. The van der Waals surface area contributed by atoms with E-state index in [1.54, 1.807) is 0 Å². The number of hydrogen-bond donors (Lipinski definition) is 2. The number of hydrogen-bond acceptors (Lipinski definition) is 4. The summed E-state index contributed by atoms with van der Waals surface area (Å²) in [6.45, 7) is 4.00. The Labute approximate surface area is 97.3 Å². The first-order chi connectivity index (χ1) is 7.65. The highest BCUT2D eigenvalue weighted by atomic mass is 16.5. The number of rotatable bonds is 6. The number of nitrogens with one attached hydrogen (secondary N) is 1. The number of carbonyl (C=O) groups is 1. The van der Waals surface area contributed by atoms with Crippen LogP contribution in [0.2, 0.25) is 0 Å². The standard InChI is InChI=1S/C11H23N3O2/c1-9-10(6-8-16-9)14(2)7-4-3-5-11(15)13-12/h9-10H,3-8,12H2,1-2H3,(H,13,15). The monoisotopic (exact) mass is 229 g/mol. The molecule has 2 unspecified atom stereocenters. The van der Waals surface area contributed by atoms with Crippen molar-refractivity contribution in [2.24, 2.45) is 5.84 Å². The van der Waals surface area contributed by atoms with Crippen molar-refractivity contribution in [3.8, 4) is 0 Å². The Morgan fingerprint density at radius 3 is 2.88 bits per heavy atom. The van der Waals surface area contributed by atoms with Crippen LogP contribution in [-0.2, 0) is 9.53 Å². The summed E-state index contributed by atoms with van der Waals surface area (Å²) in [5.74, 6) is 4.92. The zero-order chi connectivity index (χ0) is 12.0. The van der Waals surface area contributed by atoms with Crippen LogP contribution >= 0.6 is 0 Å². The lowest BCUT2D eigenvalue weighted by molar-refractivity contribution is -0.121. The third kappa shape index (κ3) is 4.08. The third-order valence-electron chi connectivity index (χ3n) is 3.23. The molecule has 5 nitrogen and oxygen atoms in total. The van der Waals surface area contributed by atoms with E-state index in [2.05, 4.69) is 24.3 Å². The highest BCUT2D eigenvalue weighted by Gasteiger charge is 2.27. The Morgan fingerprint density at radius 2 is 2.31 bits per heavy atom. The summed E-state index contributed by atoms with van der Waals surface area (Å²) >= 11 is 0. The second-order valence-electron chi connectivity index (χ2n) is 4.44. The lowest BCUT2D eigenvalue weighted by Gasteiger charge is -2.26. The van der Waals surface area contributed by atoms with Crippen molar-refractivity contribution >= 4 is 5.91 Å². The smallest absolute Gasteiger partial charge is 0.233 e. The maximum absolute atomic E-state index is 10.9. The molecule has 1 fully saturated rings. The SMILES string of the molecule is CC1OCCC1N(C)CCCCC(=O)NN. The molecule has 0 aromatic carbocycles. The largest absolute Gasteiger partial charge is 0.377 e. The van der Waals surface area contributed by atoms with E-state index in [1.165, 1.54) is 0 Å². The molecule has 1 saturated heterocycles. The average molecular weight is 229 g/mol. The molecule has 1 aliphatic rings. The van der Waals surface area contributed by atoms with Crippen molar-refractivity contribution in [3.63, 3.8) is 0 Å². The van der Waals surface area contributed by atoms with Gasteiger partial charge in [-0.3, -0.25) is 10.2 Å². The Morgan fingerprint density at radius 1 is 1.56 bits per heavy atom. The van der Waals surface area contributed by atoms with Crippen LogP contribution in [0.25, 0.3) is 0 Å². The van der Waals surface area contributed by atoms with Gasteiger partial charge in [-0.1, -0.05) is 0 Å². The quantitative estimate of drug-likeness (QED) is 0.297. The van der Waals surface area contributed by atoms with Crippen LogP contribution in [0.1, 0.15) is 32.6 Å². The first kappa shape index (κ1) is 13.4. The Bertz CT molecular complexity index is 223. The van der Waals surface area contributed by atoms with Gasteiger partial charge in [0, 0.05) is 19.1 Å². The number of nitrogens with two attached hydrogens (primary N) is 1. The normalized spacial score (nSPS) is 25.0. The van der Waals surface area contributed by atoms with E-state index in [-0.39, 0.29) is 5.91 Å². The van der Waals surface area contributed by atoms with Gasteiger partial charge in [-0.05, 0) is 39.8 Å². The zero-order valence-electron chi connectivity index (χ0n) is 10.2. The van der Waals surface area contributed by atoms with Crippen molar-refractivity contribution in [3.05, 3.63) is 0 Å².